The third-order valence-corrected chi connectivity index (χ3v) is 1.70. The smallest absolute Gasteiger partial charge is 0.251 e. The lowest BCUT2D eigenvalue weighted by Crippen LogP contribution is -2.29. The highest BCUT2D eigenvalue weighted by atomic mass is 16.1. The van der Waals surface area contributed by atoms with Crippen LogP contribution in [0, 0.1) is 11.3 Å². The quantitative estimate of drug-likeness (QED) is 0.767. The first-order valence-electron chi connectivity index (χ1n) is 4.44. The van der Waals surface area contributed by atoms with E-state index < -0.39 is 0 Å². The van der Waals surface area contributed by atoms with Gasteiger partial charge in [-0.25, -0.2) is 0 Å². The topological polar surface area (TPSA) is 52.9 Å². The summed E-state index contributed by atoms with van der Waals surface area (Å²) in [5, 5.41) is 11.3. The molecule has 3 nitrogen and oxygen atoms in total. The van der Waals surface area contributed by atoms with Gasteiger partial charge in [-0.2, -0.15) is 5.26 Å². The predicted octanol–water partition coefficient (Wildman–Crippen LogP) is 1.70. The molecule has 0 radical (unpaired) electrons. The molecule has 0 aliphatic carbocycles. The predicted molar refractivity (Wildman–Crippen MR) is 53.8 cm³/mol. The van der Waals surface area contributed by atoms with Crippen LogP contribution in [0.15, 0.2) is 24.3 Å². The molecule has 0 unspecified atom stereocenters. The summed E-state index contributed by atoms with van der Waals surface area (Å²) in [6.45, 7) is 3.81. The van der Waals surface area contributed by atoms with Gasteiger partial charge in [0.2, 0.25) is 0 Å². The van der Waals surface area contributed by atoms with Crippen molar-refractivity contribution < 1.29 is 4.79 Å². The Hall–Kier alpha value is -1.82. The Morgan fingerprint density at radius 3 is 2.36 bits per heavy atom. The highest BCUT2D eigenvalue weighted by molar-refractivity contribution is 5.94. The van der Waals surface area contributed by atoms with Crippen LogP contribution in [-0.2, 0) is 0 Å². The van der Waals surface area contributed by atoms with E-state index in [4.69, 9.17) is 5.26 Å². The van der Waals surface area contributed by atoms with Gasteiger partial charge in [0.05, 0.1) is 11.6 Å². The first-order valence-corrected chi connectivity index (χ1v) is 4.44. The largest absolute Gasteiger partial charge is 0.350 e. The van der Waals surface area contributed by atoms with Crippen LogP contribution in [0.5, 0.6) is 0 Å². The maximum atomic E-state index is 11.5. The van der Waals surface area contributed by atoms with E-state index in [1.807, 2.05) is 19.9 Å². The van der Waals surface area contributed by atoms with Gasteiger partial charge in [-0.1, -0.05) is 0 Å². The van der Waals surface area contributed by atoms with E-state index in [9.17, 15) is 4.79 Å². The highest BCUT2D eigenvalue weighted by Crippen LogP contribution is 2.03. The summed E-state index contributed by atoms with van der Waals surface area (Å²) in [6.07, 6.45) is 0. The Balaban J connectivity index is 2.78. The highest BCUT2D eigenvalue weighted by Gasteiger charge is 2.05. The third kappa shape index (κ3) is 2.60. The summed E-state index contributed by atoms with van der Waals surface area (Å²) in [7, 11) is 0. The van der Waals surface area contributed by atoms with Gasteiger partial charge >= 0.3 is 0 Å². The molecular weight excluding hydrogens is 176 g/mol. The van der Waals surface area contributed by atoms with Crippen LogP contribution in [0.1, 0.15) is 29.8 Å². The van der Waals surface area contributed by atoms with Crippen molar-refractivity contribution in [1.29, 1.82) is 5.26 Å². The Morgan fingerprint density at radius 1 is 1.36 bits per heavy atom. The molecule has 14 heavy (non-hydrogen) atoms. The van der Waals surface area contributed by atoms with Crippen molar-refractivity contribution in [2.24, 2.45) is 0 Å². The molecule has 72 valence electrons. The maximum absolute atomic E-state index is 11.5. The molecule has 0 aliphatic rings. The number of nitrogens with one attached hydrogen (secondary N) is 1. The molecule has 3 heteroatoms. The second-order valence-corrected chi connectivity index (χ2v) is 3.32. The third-order valence-electron chi connectivity index (χ3n) is 1.70. The van der Waals surface area contributed by atoms with Crippen LogP contribution in [0.2, 0.25) is 0 Å². The Bertz CT molecular complexity index is 360. The zero-order valence-electron chi connectivity index (χ0n) is 8.24. The number of hydrogen-bond acceptors (Lipinski definition) is 2. The van der Waals surface area contributed by atoms with E-state index in [1.54, 1.807) is 24.3 Å². The van der Waals surface area contributed by atoms with Gasteiger partial charge < -0.3 is 5.32 Å². The van der Waals surface area contributed by atoms with Gasteiger partial charge in [0, 0.05) is 11.6 Å². The van der Waals surface area contributed by atoms with E-state index in [-0.39, 0.29) is 11.9 Å². The molecule has 0 saturated carbocycles. The van der Waals surface area contributed by atoms with Gasteiger partial charge in [0.1, 0.15) is 0 Å². The lowest BCUT2D eigenvalue weighted by molar-refractivity contribution is 0.0943. The van der Waals surface area contributed by atoms with E-state index in [0.717, 1.165) is 0 Å². The second kappa shape index (κ2) is 4.43. The molecule has 1 N–H and O–H groups in total. The van der Waals surface area contributed by atoms with Crippen molar-refractivity contribution in [3.63, 3.8) is 0 Å². The van der Waals surface area contributed by atoms with E-state index >= 15 is 0 Å². The van der Waals surface area contributed by atoms with Crippen LogP contribution in [0.4, 0.5) is 0 Å². The Morgan fingerprint density at radius 2 is 1.93 bits per heavy atom. The fourth-order valence-electron chi connectivity index (χ4n) is 1.04. The van der Waals surface area contributed by atoms with E-state index in [2.05, 4.69) is 5.32 Å². The summed E-state index contributed by atoms with van der Waals surface area (Å²) >= 11 is 0. The first kappa shape index (κ1) is 10.3. The SMILES string of the molecule is CC(C)NC(=O)c1ccc(C#N)cc1. The molecule has 0 saturated heterocycles. The number of carbonyl (C=O) groups excluding carboxylic acids is 1. The fourth-order valence-corrected chi connectivity index (χ4v) is 1.04. The summed E-state index contributed by atoms with van der Waals surface area (Å²) in [4.78, 5) is 11.5. The van der Waals surface area contributed by atoms with Crippen LogP contribution < -0.4 is 5.32 Å². The van der Waals surface area contributed by atoms with Crippen molar-refractivity contribution in [3.05, 3.63) is 35.4 Å². The number of amides is 1. The second-order valence-electron chi connectivity index (χ2n) is 3.32. The summed E-state index contributed by atoms with van der Waals surface area (Å²) in [5.74, 6) is -0.107. The number of nitriles is 1. The van der Waals surface area contributed by atoms with Crippen LogP contribution in [0.25, 0.3) is 0 Å². The molecule has 0 spiro atoms. The monoisotopic (exact) mass is 188 g/mol. The molecule has 0 bridgehead atoms. The zero-order chi connectivity index (χ0) is 10.6. The normalized spacial score (nSPS) is 9.57. The molecule has 0 aliphatic heterocycles. The molecular formula is C11H12N2O. The maximum Gasteiger partial charge on any atom is 0.251 e. The number of rotatable bonds is 2. The minimum absolute atomic E-state index is 0.107. The van der Waals surface area contributed by atoms with Gasteiger partial charge in [-0.05, 0) is 38.1 Å². The van der Waals surface area contributed by atoms with Gasteiger partial charge in [0.15, 0.2) is 0 Å². The number of carbonyl (C=O) groups is 1. The van der Waals surface area contributed by atoms with E-state index in [0.29, 0.717) is 11.1 Å². The van der Waals surface area contributed by atoms with Crippen molar-refractivity contribution >= 4 is 5.91 Å². The zero-order valence-corrected chi connectivity index (χ0v) is 8.24. The van der Waals surface area contributed by atoms with Crippen molar-refractivity contribution in [2.45, 2.75) is 19.9 Å². The molecule has 1 amide bonds. The fraction of sp³-hybridized carbons (Fsp3) is 0.273. The van der Waals surface area contributed by atoms with Crippen molar-refractivity contribution in [2.75, 3.05) is 0 Å². The van der Waals surface area contributed by atoms with Crippen LogP contribution in [0.3, 0.4) is 0 Å². The van der Waals surface area contributed by atoms with Crippen LogP contribution >= 0.6 is 0 Å². The molecule has 1 rings (SSSR count). The number of nitrogens with zero attached hydrogens (tertiary/aromatic N) is 1. The first-order chi connectivity index (χ1) is 6.63. The van der Waals surface area contributed by atoms with Gasteiger partial charge in [0.25, 0.3) is 5.91 Å². The summed E-state index contributed by atoms with van der Waals surface area (Å²) < 4.78 is 0. The molecule has 0 atom stereocenters. The van der Waals surface area contributed by atoms with Gasteiger partial charge in [-0.3, -0.25) is 4.79 Å². The Labute approximate surface area is 83.4 Å². The minimum atomic E-state index is -0.107. The standard InChI is InChI=1S/C11H12N2O/c1-8(2)13-11(14)10-5-3-9(7-12)4-6-10/h3-6,8H,1-2H3,(H,13,14). The molecule has 0 heterocycles. The average molecular weight is 188 g/mol. The molecule has 0 fully saturated rings. The lowest BCUT2D eigenvalue weighted by atomic mass is 10.1. The van der Waals surface area contributed by atoms with Gasteiger partial charge in [-0.15, -0.1) is 0 Å². The average Bonchev–Trinajstić information content (AvgIpc) is 2.17. The van der Waals surface area contributed by atoms with Crippen molar-refractivity contribution in [3.8, 4) is 6.07 Å². The molecule has 1 aromatic rings. The molecule has 1 aromatic carbocycles. The minimum Gasteiger partial charge on any atom is -0.350 e. The van der Waals surface area contributed by atoms with Crippen molar-refractivity contribution in [1.82, 2.24) is 5.32 Å². The molecule has 0 aromatic heterocycles. The number of hydrogen-bond donors (Lipinski definition) is 1. The van der Waals surface area contributed by atoms with Crippen LogP contribution in [-0.4, -0.2) is 11.9 Å². The summed E-state index contributed by atoms with van der Waals surface area (Å²) in [5.41, 5.74) is 1.14. The summed E-state index contributed by atoms with van der Waals surface area (Å²) in [6, 6.07) is 8.69. The Kier molecular flexibility index (Phi) is 3.24. The number of benzene rings is 1. The van der Waals surface area contributed by atoms with E-state index in [1.165, 1.54) is 0 Å². The lowest BCUT2D eigenvalue weighted by Gasteiger charge is -2.07.